The molecule has 1 aromatic rings. The molecule has 2 unspecified atom stereocenters. The Bertz CT molecular complexity index is 775. The molecule has 0 saturated heterocycles. The number of ether oxygens (including phenoxy) is 1. The van der Waals surface area contributed by atoms with Crippen LogP contribution in [0.4, 0.5) is 0 Å². The molecule has 1 aromatic carbocycles. The molecule has 0 spiro atoms. The van der Waals surface area contributed by atoms with Crippen molar-refractivity contribution in [2.45, 2.75) is 43.6 Å². The van der Waals surface area contributed by atoms with E-state index in [1.165, 1.54) is 17.5 Å². The molecule has 0 amide bonds. The number of aromatic hydroxyl groups is 1. The molecule has 0 aliphatic heterocycles. The number of esters is 1. The lowest BCUT2D eigenvalue weighted by Gasteiger charge is -2.54. The zero-order valence-electron chi connectivity index (χ0n) is 14.3. The van der Waals surface area contributed by atoms with Gasteiger partial charge in [-0.1, -0.05) is 18.6 Å². The average Bonchev–Trinajstić information content (AvgIpc) is 2.60. The zero-order chi connectivity index (χ0) is 18.3. The van der Waals surface area contributed by atoms with Crippen LogP contribution in [0.3, 0.4) is 0 Å². The fourth-order valence-corrected chi connectivity index (χ4v) is 5.26. The first-order chi connectivity index (χ1) is 12.5. The summed E-state index contributed by atoms with van der Waals surface area (Å²) in [5, 5.41) is 17.7. The summed E-state index contributed by atoms with van der Waals surface area (Å²) < 4.78 is 5.43. The van der Waals surface area contributed by atoms with E-state index in [0.717, 1.165) is 19.3 Å². The minimum atomic E-state index is -0.751. The van der Waals surface area contributed by atoms with Gasteiger partial charge in [-0.15, -0.1) is 0 Å². The second kappa shape index (κ2) is 6.30. The van der Waals surface area contributed by atoms with Gasteiger partial charge in [-0.25, -0.2) is 10.0 Å². The smallest absolute Gasteiger partial charge is 0.475 e. The third-order valence-electron chi connectivity index (χ3n) is 6.13. The Hall–Kier alpha value is -2.57. The maximum absolute atomic E-state index is 11.8. The van der Waals surface area contributed by atoms with Crippen molar-refractivity contribution in [3.63, 3.8) is 0 Å². The molecular formula is C19H22NO6+. The number of nitrogens with zero attached hydrogens (tertiary/aromatic N) is 1. The Balaban J connectivity index is 1.61. The summed E-state index contributed by atoms with van der Waals surface area (Å²) in [6.07, 6.45) is 8.60. The number of phenolic OH excluding ortho intramolecular Hbond substituents is 1. The van der Waals surface area contributed by atoms with Crippen molar-refractivity contribution in [2.24, 2.45) is 11.8 Å². The van der Waals surface area contributed by atoms with Crippen molar-refractivity contribution in [3.05, 3.63) is 46.4 Å². The van der Waals surface area contributed by atoms with Gasteiger partial charge in [0.25, 0.3) is 6.61 Å². The molecule has 138 valence electrons. The minimum Gasteiger partial charge on any atom is -0.508 e. The summed E-state index contributed by atoms with van der Waals surface area (Å²) in [4.78, 5) is 26.4. The van der Waals surface area contributed by atoms with E-state index in [2.05, 4.69) is 10.9 Å². The van der Waals surface area contributed by atoms with Crippen molar-refractivity contribution >= 4 is 5.97 Å². The van der Waals surface area contributed by atoms with E-state index in [4.69, 9.17) is 9.94 Å². The first-order valence-electron chi connectivity index (χ1n) is 8.97. The van der Waals surface area contributed by atoms with Gasteiger partial charge in [-0.2, -0.15) is 4.84 Å². The van der Waals surface area contributed by atoms with Crippen LogP contribution in [0, 0.1) is 16.7 Å². The van der Waals surface area contributed by atoms with Crippen LogP contribution in [-0.2, 0) is 26.2 Å². The number of phenols is 1. The van der Waals surface area contributed by atoms with Crippen LogP contribution >= 0.6 is 0 Å². The van der Waals surface area contributed by atoms with Crippen molar-refractivity contribution in [1.82, 2.24) is 0 Å². The second-order valence-electron chi connectivity index (χ2n) is 7.51. The Labute approximate surface area is 150 Å². The van der Waals surface area contributed by atoms with Gasteiger partial charge in [0.1, 0.15) is 16.8 Å². The lowest BCUT2D eigenvalue weighted by atomic mass is 9.50. The molecule has 1 fully saturated rings. The predicted octanol–water partition coefficient (Wildman–Crippen LogP) is 2.57. The maximum atomic E-state index is 11.8. The summed E-state index contributed by atoms with van der Waals surface area (Å²) in [7, 11) is 0. The third-order valence-corrected chi connectivity index (χ3v) is 6.13. The second-order valence-corrected chi connectivity index (χ2v) is 7.51. The third kappa shape index (κ3) is 2.81. The highest BCUT2D eigenvalue weighted by atomic mass is 17.0. The Morgan fingerprint density at radius 2 is 2.19 bits per heavy atom. The van der Waals surface area contributed by atoms with Crippen LogP contribution in [0.25, 0.3) is 0 Å². The number of hydrogen-bond donors (Lipinski definition) is 2. The summed E-state index contributed by atoms with van der Waals surface area (Å²) in [6, 6.07) is 5.62. The predicted molar refractivity (Wildman–Crippen MR) is 89.3 cm³/mol. The molecule has 0 radical (unpaired) electrons. The highest BCUT2D eigenvalue weighted by Gasteiger charge is 2.52. The standard InChI is InChI=1S/C19H21NO6/c21-14-4-3-13-8-12-2-1-7-19(17(13)9-14)10-15(5-6-16(12)19)26-18(22)11-25-20(23)24/h3-6,9,12,15-16H,1-2,7-8,10-11H2,(H-,21,23,24)/p+1/t12-,15+,16?,19?/m1/s1. The number of fused-ring (bicyclic) bond motifs is 1. The average molecular weight is 360 g/mol. The Morgan fingerprint density at radius 3 is 3.00 bits per heavy atom. The summed E-state index contributed by atoms with van der Waals surface area (Å²) in [5.74, 6) is 0.506. The molecule has 26 heavy (non-hydrogen) atoms. The van der Waals surface area contributed by atoms with Crippen molar-refractivity contribution in [2.75, 3.05) is 6.61 Å². The molecule has 3 aliphatic rings. The summed E-state index contributed by atoms with van der Waals surface area (Å²) in [6.45, 7) is -0.638. The Morgan fingerprint density at radius 1 is 1.35 bits per heavy atom. The van der Waals surface area contributed by atoms with Gasteiger partial charge in [-0.3, -0.25) is 0 Å². The highest BCUT2D eigenvalue weighted by Crippen LogP contribution is 2.57. The van der Waals surface area contributed by atoms with Crippen LogP contribution in [0.2, 0.25) is 0 Å². The number of carbonyl (C=O) groups excluding carboxylic acids is 1. The molecular weight excluding hydrogens is 338 g/mol. The van der Waals surface area contributed by atoms with Gasteiger partial charge in [0.05, 0.1) is 0 Å². The van der Waals surface area contributed by atoms with Crippen LogP contribution in [0.15, 0.2) is 30.4 Å². The molecule has 3 aliphatic carbocycles. The monoisotopic (exact) mass is 360 g/mol. The summed E-state index contributed by atoms with van der Waals surface area (Å²) >= 11 is 0. The topological polar surface area (TPSA) is 96.1 Å². The van der Waals surface area contributed by atoms with E-state index >= 15 is 0 Å². The van der Waals surface area contributed by atoms with Crippen LogP contribution in [0.1, 0.15) is 36.8 Å². The van der Waals surface area contributed by atoms with Crippen LogP contribution in [-0.4, -0.2) is 34.1 Å². The molecule has 4 atom stereocenters. The fraction of sp³-hybridized carbons (Fsp3) is 0.526. The summed E-state index contributed by atoms with van der Waals surface area (Å²) in [5.41, 5.74) is 2.30. The van der Waals surface area contributed by atoms with Crippen molar-refractivity contribution in [3.8, 4) is 5.75 Å². The maximum Gasteiger partial charge on any atom is 0.475 e. The molecule has 7 heteroatoms. The molecule has 7 nitrogen and oxygen atoms in total. The van der Waals surface area contributed by atoms with Crippen LogP contribution < -0.4 is 0 Å². The van der Waals surface area contributed by atoms with E-state index in [9.17, 15) is 14.8 Å². The van der Waals surface area contributed by atoms with Crippen molar-refractivity contribution < 1.29 is 29.8 Å². The quantitative estimate of drug-likeness (QED) is 0.487. The van der Waals surface area contributed by atoms with Gasteiger partial charge in [0, 0.05) is 5.41 Å². The molecule has 2 bridgehead atoms. The number of benzene rings is 1. The van der Waals surface area contributed by atoms with E-state index in [-0.39, 0.29) is 11.2 Å². The van der Waals surface area contributed by atoms with E-state index < -0.39 is 23.8 Å². The number of rotatable bonds is 4. The lowest BCUT2D eigenvalue weighted by molar-refractivity contribution is -0.974. The van der Waals surface area contributed by atoms with Gasteiger partial charge in [-0.05, 0) is 66.9 Å². The van der Waals surface area contributed by atoms with E-state index in [1.807, 2.05) is 18.2 Å². The Kier molecular flexibility index (Phi) is 4.09. The molecule has 4 rings (SSSR count). The normalized spacial score (nSPS) is 31.5. The first-order valence-corrected chi connectivity index (χ1v) is 8.97. The van der Waals surface area contributed by atoms with Gasteiger partial charge >= 0.3 is 11.1 Å². The molecule has 0 heterocycles. The molecule has 1 saturated carbocycles. The van der Waals surface area contributed by atoms with Gasteiger partial charge in [0.15, 0.2) is 0 Å². The van der Waals surface area contributed by atoms with Gasteiger partial charge < -0.3 is 9.84 Å². The SMILES string of the molecule is O=C(CO[N+](=O)O)O[C@H]1C=CC2[C@@H]3CCCC2(C1)c1cc(O)ccc1C3. The van der Waals surface area contributed by atoms with Crippen molar-refractivity contribution in [1.29, 1.82) is 0 Å². The fourth-order valence-electron chi connectivity index (χ4n) is 5.26. The lowest BCUT2D eigenvalue weighted by Crippen LogP contribution is -2.50. The van der Waals surface area contributed by atoms with E-state index in [1.54, 1.807) is 6.07 Å². The number of allylic oxidation sites excluding steroid dienone is 1. The number of carbonyl (C=O) groups is 1. The van der Waals surface area contributed by atoms with Gasteiger partial charge in [0.2, 0.25) is 0 Å². The highest BCUT2D eigenvalue weighted by molar-refractivity contribution is 5.71. The first kappa shape index (κ1) is 16.9. The van der Waals surface area contributed by atoms with Crippen LogP contribution in [0.5, 0.6) is 5.75 Å². The molecule has 0 aromatic heterocycles. The largest absolute Gasteiger partial charge is 0.508 e. The number of hydrogen-bond acceptors (Lipinski definition) is 5. The zero-order valence-corrected chi connectivity index (χ0v) is 14.3. The minimum absolute atomic E-state index is 0.142. The molecule has 2 N–H and O–H groups in total. The van der Waals surface area contributed by atoms with E-state index in [0.29, 0.717) is 18.3 Å².